The van der Waals surface area contributed by atoms with E-state index in [2.05, 4.69) is 22.6 Å². The van der Waals surface area contributed by atoms with Gasteiger partial charge in [-0.1, -0.05) is 22.6 Å². The number of hydrogen-bond acceptors (Lipinski definition) is 3. The van der Waals surface area contributed by atoms with Crippen LogP contribution in [-0.2, 0) is 4.74 Å². The lowest BCUT2D eigenvalue weighted by atomic mass is 10.2. The predicted molar refractivity (Wildman–Crippen MR) is 40.6 cm³/mol. The summed E-state index contributed by atoms with van der Waals surface area (Å²) < 4.78 is 5.75. The second-order valence-electron chi connectivity index (χ2n) is 2.08. The first-order valence-electron chi connectivity index (χ1n) is 2.79. The number of aliphatic hydroxyl groups excluding tert-OH is 2. The molecule has 0 aromatic rings. The van der Waals surface area contributed by atoms with Gasteiger partial charge < -0.3 is 14.9 Å². The summed E-state index contributed by atoms with van der Waals surface area (Å²) in [5, 5.41) is 18.0. The topological polar surface area (TPSA) is 49.7 Å². The molecule has 0 amide bonds. The van der Waals surface area contributed by atoms with Gasteiger partial charge in [-0.25, -0.2) is 0 Å². The first-order valence-corrected chi connectivity index (χ1v) is 4.32. The van der Waals surface area contributed by atoms with E-state index < -0.39 is 12.2 Å². The molecule has 0 spiro atoms. The summed E-state index contributed by atoms with van der Waals surface area (Å²) >= 11 is 2.12. The highest BCUT2D eigenvalue weighted by Crippen LogP contribution is 2.15. The molecule has 1 heterocycles. The molecule has 0 unspecified atom stereocenters. The smallest absolute Gasteiger partial charge is 0.109 e. The van der Waals surface area contributed by atoms with E-state index in [0.29, 0.717) is 0 Å². The molecule has 3 nitrogen and oxygen atoms in total. The van der Waals surface area contributed by atoms with Gasteiger partial charge in [0.2, 0.25) is 0 Å². The Hall–Kier alpha value is 0.610. The minimum Gasteiger partial charge on any atom is -0.388 e. The second kappa shape index (κ2) is 3.14. The monoisotopic (exact) mass is 244 g/mol. The zero-order valence-corrected chi connectivity index (χ0v) is 6.98. The van der Waals surface area contributed by atoms with Crippen LogP contribution in [-0.4, -0.2) is 39.6 Å². The molecule has 1 aliphatic heterocycles. The van der Waals surface area contributed by atoms with Crippen molar-refractivity contribution < 1.29 is 14.9 Å². The van der Waals surface area contributed by atoms with E-state index in [0.717, 1.165) is 4.43 Å². The number of rotatable bonds is 1. The first kappa shape index (κ1) is 7.71. The fourth-order valence-electron chi connectivity index (χ4n) is 0.803. The van der Waals surface area contributed by atoms with Crippen molar-refractivity contribution in [3.05, 3.63) is 0 Å². The number of ether oxygens (including phenoxy) is 1. The molecule has 9 heavy (non-hydrogen) atoms. The highest BCUT2D eigenvalue weighted by molar-refractivity contribution is 14.1. The van der Waals surface area contributed by atoms with Crippen molar-refractivity contribution in [2.24, 2.45) is 0 Å². The minimum absolute atomic E-state index is 0.166. The number of halogens is 1. The fraction of sp³-hybridized carbons (Fsp3) is 1.00. The van der Waals surface area contributed by atoms with E-state index >= 15 is 0 Å². The average Bonchev–Trinajstić information content (AvgIpc) is 2.15. The van der Waals surface area contributed by atoms with Gasteiger partial charge in [0.05, 0.1) is 12.7 Å². The standard InChI is InChI=1S/C5H9IO3/c6-1-4-5(8)3(7)2-9-4/h3-5,7-8H,1-2H2/t3-,4-,5-/m1/s1. The lowest BCUT2D eigenvalue weighted by molar-refractivity contribution is 0.0348. The molecule has 3 atom stereocenters. The third-order valence-electron chi connectivity index (χ3n) is 1.41. The molecule has 0 aliphatic carbocycles. The van der Waals surface area contributed by atoms with Crippen LogP contribution in [0.25, 0.3) is 0 Å². The van der Waals surface area contributed by atoms with Crippen molar-refractivity contribution >= 4 is 22.6 Å². The van der Waals surface area contributed by atoms with Crippen molar-refractivity contribution in [2.75, 3.05) is 11.0 Å². The summed E-state index contributed by atoms with van der Waals surface area (Å²) in [5.74, 6) is 0. The molecule has 1 rings (SSSR count). The van der Waals surface area contributed by atoms with Gasteiger partial charge in [-0.05, 0) is 0 Å². The van der Waals surface area contributed by atoms with Crippen molar-refractivity contribution in [2.45, 2.75) is 18.3 Å². The van der Waals surface area contributed by atoms with Gasteiger partial charge in [0.15, 0.2) is 0 Å². The Morgan fingerprint density at radius 2 is 2.22 bits per heavy atom. The molecular weight excluding hydrogens is 235 g/mol. The minimum atomic E-state index is -0.679. The SMILES string of the molecule is O[C@@H]1[C@H](O)CO[C@@H]1CI. The van der Waals surface area contributed by atoms with Gasteiger partial charge in [0.1, 0.15) is 12.2 Å². The van der Waals surface area contributed by atoms with Gasteiger partial charge in [-0.3, -0.25) is 0 Å². The average molecular weight is 244 g/mol. The van der Waals surface area contributed by atoms with Gasteiger partial charge in [0.25, 0.3) is 0 Å². The van der Waals surface area contributed by atoms with Gasteiger partial charge >= 0.3 is 0 Å². The van der Waals surface area contributed by atoms with Crippen LogP contribution in [0.1, 0.15) is 0 Å². The summed E-state index contributed by atoms with van der Waals surface area (Å²) in [5.41, 5.74) is 0. The van der Waals surface area contributed by atoms with E-state index in [4.69, 9.17) is 14.9 Å². The molecule has 2 N–H and O–H groups in total. The largest absolute Gasteiger partial charge is 0.388 e. The van der Waals surface area contributed by atoms with Gasteiger partial charge in [-0.2, -0.15) is 0 Å². The van der Waals surface area contributed by atoms with E-state index in [1.807, 2.05) is 0 Å². The Bertz CT molecular complexity index is 98.2. The van der Waals surface area contributed by atoms with Crippen molar-refractivity contribution in [3.8, 4) is 0 Å². The lowest BCUT2D eigenvalue weighted by Crippen LogP contribution is -2.30. The molecule has 0 saturated carbocycles. The first-order chi connectivity index (χ1) is 4.25. The quantitative estimate of drug-likeness (QED) is 0.485. The molecular formula is C5H9IO3. The molecule has 0 aromatic carbocycles. The lowest BCUT2D eigenvalue weighted by Gasteiger charge is -2.10. The maximum absolute atomic E-state index is 9.08. The summed E-state index contributed by atoms with van der Waals surface area (Å²) in [6.07, 6.45) is -1.52. The Morgan fingerprint density at radius 3 is 2.44 bits per heavy atom. The summed E-state index contributed by atoms with van der Waals surface area (Å²) in [4.78, 5) is 0. The summed E-state index contributed by atoms with van der Waals surface area (Å²) in [6.45, 7) is 0.273. The molecule has 4 heteroatoms. The summed E-state index contributed by atoms with van der Waals surface area (Å²) in [6, 6.07) is 0. The van der Waals surface area contributed by atoms with Crippen LogP contribution in [0.15, 0.2) is 0 Å². The molecule has 1 saturated heterocycles. The fourth-order valence-corrected chi connectivity index (χ4v) is 1.58. The van der Waals surface area contributed by atoms with Crippen LogP contribution in [0.3, 0.4) is 0 Å². The summed E-state index contributed by atoms with van der Waals surface area (Å²) in [7, 11) is 0. The van der Waals surface area contributed by atoms with Crippen LogP contribution >= 0.6 is 22.6 Å². The number of aliphatic hydroxyl groups is 2. The third kappa shape index (κ3) is 1.54. The molecule has 0 bridgehead atoms. The van der Waals surface area contributed by atoms with Crippen molar-refractivity contribution in [1.29, 1.82) is 0 Å². The maximum atomic E-state index is 9.08. The van der Waals surface area contributed by atoms with E-state index in [1.165, 1.54) is 0 Å². The third-order valence-corrected chi connectivity index (χ3v) is 2.28. The van der Waals surface area contributed by atoms with Crippen LogP contribution < -0.4 is 0 Å². The maximum Gasteiger partial charge on any atom is 0.109 e. The Morgan fingerprint density at radius 1 is 1.56 bits per heavy atom. The van der Waals surface area contributed by atoms with Crippen LogP contribution in [0.4, 0.5) is 0 Å². The zero-order chi connectivity index (χ0) is 6.85. The van der Waals surface area contributed by atoms with E-state index in [-0.39, 0.29) is 12.7 Å². The van der Waals surface area contributed by atoms with Gasteiger partial charge in [-0.15, -0.1) is 0 Å². The number of alkyl halides is 1. The van der Waals surface area contributed by atoms with Crippen LogP contribution in [0, 0.1) is 0 Å². The Balaban J connectivity index is 2.41. The van der Waals surface area contributed by atoms with Crippen molar-refractivity contribution in [3.63, 3.8) is 0 Å². The van der Waals surface area contributed by atoms with Gasteiger partial charge in [0, 0.05) is 4.43 Å². The van der Waals surface area contributed by atoms with Crippen LogP contribution in [0.2, 0.25) is 0 Å². The Labute approximate surface area is 67.2 Å². The van der Waals surface area contributed by atoms with E-state index in [1.54, 1.807) is 0 Å². The van der Waals surface area contributed by atoms with Crippen LogP contribution in [0.5, 0.6) is 0 Å². The molecule has 54 valence electrons. The zero-order valence-electron chi connectivity index (χ0n) is 4.83. The normalized spacial score (nSPS) is 43.7. The number of hydrogen-bond donors (Lipinski definition) is 2. The molecule has 0 radical (unpaired) electrons. The predicted octanol–water partition coefficient (Wildman–Crippen LogP) is -0.458. The second-order valence-corrected chi connectivity index (χ2v) is 2.96. The van der Waals surface area contributed by atoms with E-state index in [9.17, 15) is 0 Å². The van der Waals surface area contributed by atoms with Crippen molar-refractivity contribution in [1.82, 2.24) is 0 Å². The molecule has 0 aromatic heterocycles. The highest BCUT2D eigenvalue weighted by Gasteiger charge is 2.33. The molecule has 1 aliphatic rings. The Kier molecular flexibility index (Phi) is 2.69. The highest BCUT2D eigenvalue weighted by atomic mass is 127. The molecule has 1 fully saturated rings.